The lowest BCUT2D eigenvalue weighted by atomic mass is 9.90. The zero-order chi connectivity index (χ0) is 11.5. The first-order valence-electron chi connectivity index (χ1n) is 6.76. The van der Waals surface area contributed by atoms with Gasteiger partial charge in [-0.1, -0.05) is 13.8 Å². The molecular formula is C13H26N2O. The Kier molecular flexibility index (Phi) is 4.22. The molecule has 2 aliphatic heterocycles. The first-order valence-corrected chi connectivity index (χ1v) is 6.76. The van der Waals surface area contributed by atoms with Gasteiger partial charge in [0.25, 0.3) is 0 Å². The molecule has 2 saturated heterocycles. The monoisotopic (exact) mass is 226 g/mol. The predicted octanol–water partition coefficient (Wildman–Crippen LogP) is 1.47. The lowest BCUT2D eigenvalue weighted by molar-refractivity contribution is 0.000971. The number of hydrogen-bond acceptors (Lipinski definition) is 3. The molecule has 2 fully saturated rings. The van der Waals surface area contributed by atoms with Gasteiger partial charge in [0.1, 0.15) is 0 Å². The molecule has 0 aromatic carbocycles. The van der Waals surface area contributed by atoms with E-state index in [1.165, 1.54) is 32.4 Å². The van der Waals surface area contributed by atoms with Gasteiger partial charge in [0.15, 0.2) is 0 Å². The van der Waals surface area contributed by atoms with Crippen LogP contribution in [0, 0.1) is 11.8 Å². The SMILES string of the molecule is CC1CC(C)CN(C(CN)C2CCCO2)C1. The average molecular weight is 226 g/mol. The van der Waals surface area contributed by atoms with Crippen molar-refractivity contribution < 1.29 is 4.74 Å². The van der Waals surface area contributed by atoms with Crippen LogP contribution in [0.5, 0.6) is 0 Å². The maximum Gasteiger partial charge on any atom is 0.0743 e. The van der Waals surface area contributed by atoms with E-state index in [-0.39, 0.29) is 0 Å². The van der Waals surface area contributed by atoms with Crippen LogP contribution in [0.25, 0.3) is 0 Å². The van der Waals surface area contributed by atoms with Gasteiger partial charge in [-0.25, -0.2) is 0 Å². The summed E-state index contributed by atoms with van der Waals surface area (Å²) in [6.45, 7) is 8.78. The number of ether oxygens (including phenoxy) is 1. The fourth-order valence-corrected chi connectivity index (χ4v) is 3.42. The van der Waals surface area contributed by atoms with Crippen molar-refractivity contribution in [2.45, 2.75) is 45.3 Å². The highest BCUT2D eigenvalue weighted by molar-refractivity contribution is 4.87. The largest absolute Gasteiger partial charge is 0.377 e. The van der Waals surface area contributed by atoms with Gasteiger partial charge in [0.05, 0.1) is 6.10 Å². The number of nitrogens with two attached hydrogens (primary N) is 1. The van der Waals surface area contributed by atoms with Crippen molar-refractivity contribution in [1.29, 1.82) is 0 Å². The summed E-state index contributed by atoms with van der Waals surface area (Å²) in [7, 11) is 0. The van der Waals surface area contributed by atoms with Gasteiger partial charge in [0, 0.05) is 32.3 Å². The van der Waals surface area contributed by atoms with E-state index in [1.807, 2.05) is 0 Å². The summed E-state index contributed by atoms with van der Waals surface area (Å²) in [5, 5.41) is 0. The van der Waals surface area contributed by atoms with Gasteiger partial charge in [-0.15, -0.1) is 0 Å². The Morgan fingerprint density at radius 3 is 2.50 bits per heavy atom. The molecule has 0 bridgehead atoms. The van der Waals surface area contributed by atoms with Gasteiger partial charge in [-0.3, -0.25) is 4.90 Å². The molecule has 16 heavy (non-hydrogen) atoms. The first-order chi connectivity index (χ1) is 7.70. The van der Waals surface area contributed by atoms with Gasteiger partial charge in [0.2, 0.25) is 0 Å². The van der Waals surface area contributed by atoms with E-state index in [1.54, 1.807) is 0 Å². The van der Waals surface area contributed by atoms with Gasteiger partial charge in [-0.05, 0) is 31.1 Å². The van der Waals surface area contributed by atoms with E-state index in [0.29, 0.717) is 12.1 Å². The van der Waals surface area contributed by atoms with Gasteiger partial charge < -0.3 is 10.5 Å². The normalized spacial score (nSPS) is 38.8. The van der Waals surface area contributed by atoms with Crippen LogP contribution in [0.4, 0.5) is 0 Å². The molecule has 0 spiro atoms. The summed E-state index contributed by atoms with van der Waals surface area (Å²) >= 11 is 0. The molecule has 2 rings (SSSR count). The number of likely N-dealkylation sites (tertiary alicyclic amines) is 1. The Morgan fingerprint density at radius 2 is 2.00 bits per heavy atom. The Labute approximate surface area is 99.3 Å². The molecule has 3 heteroatoms. The first kappa shape index (κ1) is 12.3. The fourth-order valence-electron chi connectivity index (χ4n) is 3.42. The maximum atomic E-state index is 5.95. The smallest absolute Gasteiger partial charge is 0.0743 e. The summed E-state index contributed by atoms with van der Waals surface area (Å²) < 4.78 is 5.81. The molecule has 3 nitrogen and oxygen atoms in total. The van der Waals surface area contributed by atoms with E-state index in [2.05, 4.69) is 18.7 Å². The minimum absolute atomic E-state index is 0.391. The molecule has 0 aliphatic carbocycles. The zero-order valence-electron chi connectivity index (χ0n) is 10.7. The fraction of sp³-hybridized carbons (Fsp3) is 1.00. The summed E-state index contributed by atoms with van der Waals surface area (Å²) in [5.74, 6) is 1.61. The topological polar surface area (TPSA) is 38.5 Å². The number of hydrogen-bond donors (Lipinski definition) is 1. The van der Waals surface area contributed by atoms with Gasteiger partial charge >= 0.3 is 0 Å². The number of nitrogens with zero attached hydrogens (tertiary/aromatic N) is 1. The average Bonchev–Trinajstić information content (AvgIpc) is 2.70. The quantitative estimate of drug-likeness (QED) is 0.792. The predicted molar refractivity (Wildman–Crippen MR) is 66.3 cm³/mol. The van der Waals surface area contributed by atoms with Crippen molar-refractivity contribution in [2.24, 2.45) is 17.6 Å². The Balaban J connectivity index is 1.96. The van der Waals surface area contributed by atoms with E-state index in [0.717, 1.165) is 25.0 Å². The van der Waals surface area contributed by atoms with E-state index in [9.17, 15) is 0 Å². The van der Waals surface area contributed by atoms with E-state index in [4.69, 9.17) is 10.5 Å². The molecule has 4 atom stereocenters. The van der Waals surface area contributed by atoms with Crippen LogP contribution in [0.2, 0.25) is 0 Å². The zero-order valence-corrected chi connectivity index (χ0v) is 10.7. The molecule has 0 aromatic heterocycles. The van der Waals surface area contributed by atoms with E-state index >= 15 is 0 Å². The second kappa shape index (κ2) is 5.48. The van der Waals surface area contributed by atoms with Crippen molar-refractivity contribution in [3.05, 3.63) is 0 Å². The molecular weight excluding hydrogens is 200 g/mol. The Morgan fingerprint density at radius 1 is 1.31 bits per heavy atom. The third kappa shape index (κ3) is 2.76. The summed E-state index contributed by atoms with van der Waals surface area (Å²) in [6, 6.07) is 0.452. The van der Waals surface area contributed by atoms with Crippen LogP contribution >= 0.6 is 0 Å². The van der Waals surface area contributed by atoms with Crippen LogP contribution < -0.4 is 5.73 Å². The Bertz CT molecular complexity index is 206. The van der Waals surface area contributed by atoms with Crippen LogP contribution in [0.3, 0.4) is 0 Å². The van der Waals surface area contributed by atoms with Gasteiger partial charge in [-0.2, -0.15) is 0 Å². The van der Waals surface area contributed by atoms with Crippen molar-refractivity contribution in [3.8, 4) is 0 Å². The molecule has 4 unspecified atom stereocenters. The van der Waals surface area contributed by atoms with Crippen molar-refractivity contribution in [3.63, 3.8) is 0 Å². The Hall–Kier alpha value is -0.120. The molecule has 2 aliphatic rings. The molecule has 2 N–H and O–H groups in total. The second-order valence-corrected chi connectivity index (χ2v) is 5.75. The third-order valence-corrected chi connectivity index (χ3v) is 4.00. The van der Waals surface area contributed by atoms with Crippen LogP contribution in [-0.4, -0.2) is 43.3 Å². The van der Waals surface area contributed by atoms with Crippen LogP contribution in [0.1, 0.15) is 33.1 Å². The molecule has 94 valence electrons. The van der Waals surface area contributed by atoms with E-state index < -0.39 is 0 Å². The minimum atomic E-state index is 0.391. The minimum Gasteiger partial charge on any atom is -0.377 e. The van der Waals surface area contributed by atoms with Crippen LogP contribution in [0.15, 0.2) is 0 Å². The third-order valence-electron chi connectivity index (χ3n) is 4.00. The second-order valence-electron chi connectivity index (χ2n) is 5.75. The van der Waals surface area contributed by atoms with Crippen molar-refractivity contribution in [1.82, 2.24) is 4.90 Å². The highest BCUT2D eigenvalue weighted by Crippen LogP contribution is 2.26. The molecule has 0 aromatic rings. The summed E-state index contributed by atoms with van der Waals surface area (Å²) in [6.07, 6.45) is 4.16. The summed E-state index contributed by atoms with van der Waals surface area (Å²) in [5.41, 5.74) is 5.95. The number of piperidine rings is 1. The molecule has 0 saturated carbocycles. The summed E-state index contributed by atoms with van der Waals surface area (Å²) in [4.78, 5) is 2.58. The molecule has 0 radical (unpaired) electrons. The highest BCUT2D eigenvalue weighted by Gasteiger charge is 2.33. The van der Waals surface area contributed by atoms with Crippen molar-refractivity contribution >= 4 is 0 Å². The number of rotatable bonds is 3. The molecule has 2 heterocycles. The molecule has 0 amide bonds. The van der Waals surface area contributed by atoms with Crippen LogP contribution in [-0.2, 0) is 4.74 Å². The standard InChI is InChI=1S/C13H26N2O/c1-10-6-11(2)9-15(8-10)12(7-14)13-4-3-5-16-13/h10-13H,3-9,14H2,1-2H3. The van der Waals surface area contributed by atoms with Crippen molar-refractivity contribution in [2.75, 3.05) is 26.2 Å². The highest BCUT2D eigenvalue weighted by atomic mass is 16.5. The lowest BCUT2D eigenvalue weighted by Crippen LogP contribution is -2.53. The maximum absolute atomic E-state index is 5.95. The lowest BCUT2D eigenvalue weighted by Gasteiger charge is -2.41.